The summed E-state index contributed by atoms with van der Waals surface area (Å²) in [4.78, 5) is 111. The predicted octanol–water partition coefficient (Wildman–Crippen LogP) is -4.76. The van der Waals surface area contributed by atoms with Gasteiger partial charge in [0.05, 0.1) is 31.3 Å². The van der Waals surface area contributed by atoms with Crippen LogP contribution in [0.4, 0.5) is 0 Å². The third-order valence-electron chi connectivity index (χ3n) is 9.49. The number of imidazole rings is 2. The molecule has 312 valence electrons. The molecule has 4 rings (SSSR count). The molecule has 14 N–H and O–H groups in total. The van der Waals surface area contributed by atoms with Gasteiger partial charge in [0, 0.05) is 49.7 Å². The van der Waals surface area contributed by atoms with Gasteiger partial charge >= 0.3 is 5.97 Å². The molecule has 4 heterocycles. The summed E-state index contributed by atoms with van der Waals surface area (Å²) in [5, 5.41) is 35.8. The van der Waals surface area contributed by atoms with Gasteiger partial charge in [0.25, 0.3) is 0 Å². The summed E-state index contributed by atoms with van der Waals surface area (Å²) in [7, 11) is 0. The second-order valence-electron chi connectivity index (χ2n) is 13.9. The molecule has 0 aliphatic carbocycles. The van der Waals surface area contributed by atoms with Crippen LogP contribution in [-0.2, 0) is 46.4 Å². The van der Waals surface area contributed by atoms with Crippen LogP contribution in [0.3, 0.4) is 0 Å². The van der Waals surface area contributed by atoms with Crippen molar-refractivity contribution in [2.45, 2.75) is 101 Å². The van der Waals surface area contributed by atoms with Crippen LogP contribution in [0.5, 0.6) is 0 Å². The van der Waals surface area contributed by atoms with E-state index in [4.69, 9.17) is 11.5 Å². The maximum atomic E-state index is 13.8. The number of aliphatic imine (C=N–C) groups is 1. The van der Waals surface area contributed by atoms with E-state index in [2.05, 4.69) is 56.8 Å². The number of amides is 6. The molecule has 2 aromatic rings. The van der Waals surface area contributed by atoms with Crippen molar-refractivity contribution in [3.8, 4) is 0 Å². The largest absolute Gasteiger partial charge is 0.480 e. The fourth-order valence-electron chi connectivity index (χ4n) is 6.54. The average molecular weight is 801 g/mol. The number of likely N-dealkylation sites (tertiary alicyclic amines) is 1. The van der Waals surface area contributed by atoms with Crippen molar-refractivity contribution in [1.82, 2.24) is 56.7 Å². The number of aromatic nitrogens is 4. The Labute approximate surface area is 327 Å². The molecule has 2 fully saturated rings. The first-order valence-corrected chi connectivity index (χ1v) is 18.7. The van der Waals surface area contributed by atoms with E-state index in [0.29, 0.717) is 37.2 Å². The van der Waals surface area contributed by atoms with E-state index in [1.54, 1.807) is 0 Å². The molecule has 0 aromatic carbocycles. The molecule has 0 bridgehead atoms. The molecular formula is C34H52N14O9. The van der Waals surface area contributed by atoms with E-state index in [1.165, 1.54) is 36.9 Å². The maximum Gasteiger partial charge on any atom is 0.326 e. The fraction of sp³-hybridized carbons (Fsp3) is 0.588. The molecule has 2 aliphatic rings. The monoisotopic (exact) mass is 800 g/mol. The molecule has 0 saturated carbocycles. The number of aromatic amines is 2. The smallest absolute Gasteiger partial charge is 0.326 e. The molecule has 23 heteroatoms. The SMILES string of the molecule is C[C@@H](O)[C@H](NC(=O)CNC(=O)[C@@H]1CCCN1C(=O)[C@H](Cc1cnc[nH]1)NC(=O)[C@@H]1CCCN1)C(=O)N[C@@H](CCCN=C(N)N)C(=O)N[C@@H](Cc1cnc[nH]1)C(=O)O. The zero-order valence-corrected chi connectivity index (χ0v) is 31.5. The van der Waals surface area contributed by atoms with Crippen LogP contribution in [0, 0.1) is 0 Å². The minimum atomic E-state index is -1.60. The van der Waals surface area contributed by atoms with Crippen LogP contribution in [0.25, 0.3) is 0 Å². The number of hydrogen-bond donors (Lipinski definition) is 12. The molecule has 0 unspecified atom stereocenters. The van der Waals surface area contributed by atoms with Gasteiger partial charge in [-0.25, -0.2) is 14.8 Å². The standard InChI is InChI=1S/C34H52N14O9/c1-18(49)27(31(54)44-22(6-3-9-40-34(35)36)29(52)46-24(33(56)57)12-20-14-38-17-43-20)47-26(50)15-41-30(53)25-7-4-10-48(25)32(55)23(11-19-13-37-16-42-19)45-28(51)21-5-2-8-39-21/h13-14,16-18,21-25,27,39,49H,2-12,15H2,1H3,(H,37,42)(H,38,43)(H,41,53)(H,44,54)(H,45,51)(H,46,52)(H,47,50)(H,56,57)(H4,35,36,40)/t18-,21+,22+,23+,24+,25+,27+/m1/s1. The lowest BCUT2D eigenvalue weighted by Gasteiger charge is -2.29. The third-order valence-corrected chi connectivity index (χ3v) is 9.49. The zero-order valence-electron chi connectivity index (χ0n) is 31.5. The molecule has 2 saturated heterocycles. The van der Waals surface area contributed by atoms with Gasteiger partial charge < -0.3 is 68.4 Å². The Hall–Kier alpha value is -6.10. The lowest BCUT2D eigenvalue weighted by molar-refractivity contribution is -0.142. The van der Waals surface area contributed by atoms with Gasteiger partial charge in [0.2, 0.25) is 35.4 Å². The van der Waals surface area contributed by atoms with Crippen LogP contribution in [-0.4, -0.2) is 151 Å². The second kappa shape index (κ2) is 21.3. The van der Waals surface area contributed by atoms with Crippen LogP contribution < -0.4 is 43.4 Å². The number of aliphatic hydroxyl groups is 1. The number of nitrogens with one attached hydrogen (secondary N) is 8. The van der Waals surface area contributed by atoms with Crippen LogP contribution in [0.15, 0.2) is 30.0 Å². The number of H-pyrrole nitrogens is 2. The minimum absolute atomic E-state index is 0.0538. The van der Waals surface area contributed by atoms with E-state index in [9.17, 15) is 43.8 Å². The predicted molar refractivity (Wildman–Crippen MR) is 200 cm³/mol. The number of nitrogens with two attached hydrogens (primary N) is 2. The summed E-state index contributed by atoms with van der Waals surface area (Å²) in [6, 6.07) is -6.72. The highest BCUT2D eigenvalue weighted by Gasteiger charge is 2.39. The summed E-state index contributed by atoms with van der Waals surface area (Å²) in [6.07, 6.45) is 6.60. The summed E-state index contributed by atoms with van der Waals surface area (Å²) >= 11 is 0. The van der Waals surface area contributed by atoms with Crippen molar-refractivity contribution >= 4 is 47.4 Å². The number of hydrogen-bond acceptors (Lipinski definition) is 12. The Morgan fingerprint density at radius 1 is 0.895 bits per heavy atom. The topological polar surface area (TPSA) is 357 Å². The fourth-order valence-corrected chi connectivity index (χ4v) is 6.54. The van der Waals surface area contributed by atoms with E-state index in [1.807, 2.05) is 0 Å². The number of aliphatic carboxylic acids is 1. The molecule has 57 heavy (non-hydrogen) atoms. The average Bonchev–Trinajstić information content (AvgIpc) is 4.01. The Balaban J connectivity index is 1.36. The van der Waals surface area contributed by atoms with E-state index in [-0.39, 0.29) is 50.6 Å². The first-order chi connectivity index (χ1) is 27.2. The van der Waals surface area contributed by atoms with Crippen molar-refractivity contribution in [2.24, 2.45) is 16.5 Å². The lowest BCUT2D eigenvalue weighted by atomic mass is 10.1. The van der Waals surface area contributed by atoms with E-state index >= 15 is 0 Å². The molecular weight excluding hydrogens is 748 g/mol. The quantitative estimate of drug-likeness (QED) is 0.0321. The van der Waals surface area contributed by atoms with E-state index < -0.39 is 84.4 Å². The number of carboxylic acids is 1. The summed E-state index contributed by atoms with van der Waals surface area (Å²) in [5.41, 5.74) is 11.8. The summed E-state index contributed by atoms with van der Waals surface area (Å²) in [6.45, 7) is 1.60. The summed E-state index contributed by atoms with van der Waals surface area (Å²) in [5.74, 6) is -5.69. The summed E-state index contributed by atoms with van der Waals surface area (Å²) < 4.78 is 0. The molecule has 2 aromatic heterocycles. The number of guanidine groups is 1. The lowest BCUT2D eigenvalue weighted by Crippen LogP contribution is -2.59. The van der Waals surface area contributed by atoms with Crippen LogP contribution >= 0.6 is 0 Å². The first kappa shape index (κ1) is 43.6. The van der Waals surface area contributed by atoms with Gasteiger partial charge in [-0.1, -0.05) is 0 Å². The van der Waals surface area contributed by atoms with Gasteiger partial charge in [-0.05, 0) is 52.0 Å². The maximum absolute atomic E-state index is 13.8. The van der Waals surface area contributed by atoms with Crippen molar-refractivity contribution < 1.29 is 43.8 Å². The molecule has 2 aliphatic heterocycles. The number of rotatable bonds is 21. The number of aliphatic hydroxyl groups excluding tert-OH is 1. The Kier molecular flexibility index (Phi) is 16.3. The third kappa shape index (κ3) is 13.3. The second-order valence-corrected chi connectivity index (χ2v) is 13.9. The number of nitrogens with zero attached hydrogens (tertiary/aromatic N) is 4. The highest BCUT2D eigenvalue weighted by atomic mass is 16.4. The Morgan fingerprint density at radius 2 is 1.56 bits per heavy atom. The van der Waals surface area contributed by atoms with E-state index in [0.717, 1.165) is 6.42 Å². The molecule has 0 radical (unpaired) electrons. The molecule has 0 spiro atoms. The van der Waals surface area contributed by atoms with Crippen LogP contribution in [0.2, 0.25) is 0 Å². The van der Waals surface area contributed by atoms with Gasteiger partial charge in [0.15, 0.2) is 5.96 Å². The highest BCUT2D eigenvalue weighted by molar-refractivity contribution is 5.96. The van der Waals surface area contributed by atoms with Gasteiger partial charge in [-0.2, -0.15) is 0 Å². The molecule has 7 atom stereocenters. The number of carbonyl (C=O) groups is 7. The number of carbonyl (C=O) groups excluding carboxylic acids is 6. The van der Waals surface area contributed by atoms with Crippen molar-refractivity contribution in [1.29, 1.82) is 0 Å². The molecule has 23 nitrogen and oxygen atoms in total. The van der Waals surface area contributed by atoms with Crippen LogP contribution in [0.1, 0.15) is 56.8 Å². The van der Waals surface area contributed by atoms with Crippen molar-refractivity contribution in [3.63, 3.8) is 0 Å². The Morgan fingerprint density at radius 3 is 2.14 bits per heavy atom. The first-order valence-electron chi connectivity index (χ1n) is 18.7. The molecule has 6 amide bonds. The normalized spacial score (nSPS) is 18.9. The van der Waals surface area contributed by atoms with Gasteiger partial charge in [-0.3, -0.25) is 33.8 Å². The van der Waals surface area contributed by atoms with Gasteiger partial charge in [-0.15, -0.1) is 0 Å². The van der Waals surface area contributed by atoms with Crippen molar-refractivity contribution in [2.75, 3.05) is 26.2 Å². The minimum Gasteiger partial charge on any atom is -0.480 e. The zero-order chi connectivity index (χ0) is 41.5. The van der Waals surface area contributed by atoms with Gasteiger partial charge in [0.1, 0.15) is 30.2 Å². The van der Waals surface area contributed by atoms with Crippen molar-refractivity contribution in [3.05, 3.63) is 36.4 Å². The highest BCUT2D eigenvalue weighted by Crippen LogP contribution is 2.20. The Bertz CT molecular complexity index is 1710. The number of carboxylic acid groups (broad SMARTS) is 1.